The van der Waals surface area contributed by atoms with Crippen LogP contribution in [0.5, 0.6) is 0 Å². The van der Waals surface area contributed by atoms with Crippen LogP contribution in [0.4, 0.5) is 4.79 Å². The molecule has 0 aliphatic carbocycles. The van der Waals surface area contributed by atoms with Crippen molar-refractivity contribution in [2.24, 2.45) is 0 Å². The van der Waals surface area contributed by atoms with Crippen LogP contribution in [0.15, 0.2) is 0 Å². The number of aliphatic hydroxyl groups excluding tert-OH is 1. The van der Waals surface area contributed by atoms with E-state index >= 15 is 0 Å². The van der Waals surface area contributed by atoms with Gasteiger partial charge in [-0.15, -0.1) is 0 Å². The smallest absolute Gasteiger partial charge is 0.328 e. The average Bonchev–Trinajstić information content (AvgIpc) is 2.35. The molecule has 3 atom stereocenters. The van der Waals surface area contributed by atoms with Gasteiger partial charge in [-0.3, -0.25) is 4.79 Å². The molecule has 116 valence electrons. The number of aliphatic hydroxyl groups is 1. The summed E-state index contributed by atoms with van der Waals surface area (Å²) in [6, 6.07) is -3.15. The Morgan fingerprint density at radius 3 is 2.25 bits per heavy atom. The Morgan fingerprint density at radius 1 is 1.20 bits per heavy atom. The van der Waals surface area contributed by atoms with E-state index in [0.29, 0.717) is 13.2 Å². The highest BCUT2D eigenvalue weighted by atomic mass is 16.5. The fourth-order valence-electron chi connectivity index (χ4n) is 1.26. The number of carbonyl (C=O) groups is 3. The van der Waals surface area contributed by atoms with Crippen LogP contribution in [-0.4, -0.2) is 66.6 Å². The van der Waals surface area contributed by atoms with Gasteiger partial charge >= 0.3 is 12.0 Å². The maximum absolute atomic E-state index is 11.5. The molecule has 0 heterocycles. The second kappa shape index (κ2) is 9.10. The van der Waals surface area contributed by atoms with E-state index in [4.69, 9.17) is 9.84 Å². The molecule has 0 fully saturated rings. The largest absolute Gasteiger partial charge is 0.480 e. The number of nitrogens with one attached hydrogen (secondary N) is 3. The Balaban J connectivity index is 4.24. The van der Waals surface area contributed by atoms with Crippen molar-refractivity contribution >= 4 is 17.9 Å². The highest BCUT2D eigenvalue weighted by molar-refractivity contribution is 5.88. The van der Waals surface area contributed by atoms with Gasteiger partial charge in [0.05, 0.1) is 12.7 Å². The fraction of sp³-hybridized carbons (Fsp3) is 0.727. The highest BCUT2D eigenvalue weighted by Gasteiger charge is 2.26. The van der Waals surface area contributed by atoms with Crippen molar-refractivity contribution in [2.45, 2.75) is 32.0 Å². The Morgan fingerprint density at radius 2 is 1.80 bits per heavy atom. The molecule has 9 heteroatoms. The summed E-state index contributed by atoms with van der Waals surface area (Å²) in [6.07, 6.45) is -1.26. The van der Waals surface area contributed by atoms with Gasteiger partial charge in [-0.05, 0) is 13.8 Å². The molecular weight excluding hydrogens is 270 g/mol. The Bertz CT molecular complexity index is 347. The second-order valence-corrected chi connectivity index (χ2v) is 4.18. The molecule has 0 radical (unpaired) electrons. The molecule has 20 heavy (non-hydrogen) atoms. The van der Waals surface area contributed by atoms with Crippen molar-refractivity contribution in [3.05, 3.63) is 0 Å². The lowest BCUT2D eigenvalue weighted by Crippen LogP contribution is -2.55. The Hall–Kier alpha value is -1.87. The van der Waals surface area contributed by atoms with Crippen molar-refractivity contribution in [1.82, 2.24) is 16.0 Å². The number of amides is 3. The first kappa shape index (κ1) is 18.1. The summed E-state index contributed by atoms with van der Waals surface area (Å²) >= 11 is 0. The van der Waals surface area contributed by atoms with Crippen LogP contribution in [0.1, 0.15) is 13.8 Å². The number of hydrogen-bond donors (Lipinski definition) is 5. The molecule has 3 unspecified atom stereocenters. The van der Waals surface area contributed by atoms with Gasteiger partial charge in [-0.2, -0.15) is 0 Å². The van der Waals surface area contributed by atoms with E-state index in [0.717, 1.165) is 0 Å². The van der Waals surface area contributed by atoms with Crippen LogP contribution in [-0.2, 0) is 14.3 Å². The van der Waals surface area contributed by atoms with E-state index < -0.39 is 36.1 Å². The number of aliphatic carboxylic acids is 1. The van der Waals surface area contributed by atoms with Crippen LogP contribution >= 0.6 is 0 Å². The minimum absolute atomic E-state index is 0.300. The highest BCUT2D eigenvalue weighted by Crippen LogP contribution is 1.93. The standard InChI is InChI=1S/C11H21N3O6/c1-6(9(16)12-4-5-20-3)13-11(19)14-8(7(2)15)10(17)18/h6-8,15H,4-5H2,1-3H3,(H,12,16)(H,17,18)(H2,13,14,19). The zero-order valence-corrected chi connectivity index (χ0v) is 11.7. The van der Waals surface area contributed by atoms with Gasteiger partial charge in [0, 0.05) is 13.7 Å². The van der Waals surface area contributed by atoms with Gasteiger partial charge in [-0.25, -0.2) is 9.59 Å². The van der Waals surface area contributed by atoms with Gasteiger partial charge in [0.2, 0.25) is 5.91 Å². The third-order valence-electron chi connectivity index (χ3n) is 2.38. The maximum atomic E-state index is 11.5. The number of hydrogen-bond acceptors (Lipinski definition) is 5. The lowest BCUT2D eigenvalue weighted by Gasteiger charge is -2.19. The average molecular weight is 291 g/mol. The third-order valence-corrected chi connectivity index (χ3v) is 2.38. The van der Waals surface area contributed by atoms with E-state index in [1.54, 1.807) is 0 Å². The fourth-order valence-corrected chi connectivity index (χ4v) is 1.26. The van der Waals surface area contributed by atoms with Crippen LogP contribution in [0.3, 0.4) is 0 Å². The minimum atomic E-state index is -1.45. The van der Waals surface area contributed by atoms with Crippen LogP contribution in [0.2, 0.25) is 0 Å². The molecule has 0 aromatic rings. The molecule has 0 aromatic carbocycles. The van der Waals surface area contributed by atoms with Crippen molar-refractivity contribution in [3.63, 3.8) is 0 Å². The first-order chi connectivity index (χ1) is 9.29. The van der Waals surface area contributed by atoms with Gasteiger partial charge < -0.3 is 30.9 Å². The second-order valence-electron chi connectivity index (χ2n) is 4.18. The first-order valence-corrected chi connectivity index (χ1v) is 6.04. The summed E-state index contributed by atoms with van der Waals surface area (Å²) in [5.41, 5.74) is 0. The van der Waals surface area contributed by atoms with Gasteiger partial charge in [0.1, 0.15) is 6.04 Å². The molecule has 3 amide bonds. The van der Waals surface area contributed by atoms with E-state index in [2.05, 4.69) is 16.0 Å². The molecule has 0 bridgehead atoms. The SMILES string of the molecule is COCCNC(=O)C(C)NC(=O)NC(C(=O)O)C(C)O. The summed E-state index contributed by atoms with van der Waals surface area (Å²) in [7, 11) is 1.49. The number of urea groups is 1. The van der Waals surface area contributed by atoms with E-state index in [-0.39, 0.29) is 0 Å². The number of methoxy groups -OCH3 is 1. The summed E-state index contributed by atoms with van der Waals surface area (Å²) in [6.45, 7) is 3.32. The number of carbonyl (C=O) groups excluding carboxylic acids is 2. The van der Waals surface area contributed by atoms with Crippen molar-refractivity contribution in [2.75, 3.05) is 20.3 Å². The Labute approximate surface area is 116 Å². The molecule has 5 N–H and O–H groups in total. The summed E-state index contributed by atoms with van der Waals surface area (Å²) in [5, 5.41) is 24.8. The number of ether oxygens (including phenoxy) is 1. The quantitative estimate of drug-likeness (QED) is 0.337. The summed E-state index contributed by atoms with van der Waals surface area (Å²) < 4.78 is 4.75. The number of carboxylic acid groups (broad SMARTS) is 1. The van der Waals surface area contributed by atoms with Crippen molar-refractivity contribution in [3.8, 4) is 0 Å². The van der Waals surface area contributed by atoms with E-state index in [1.807, 2.05) is 0 Å². The molecule has 0 rings (SSSR count). The molecule has 0 aliphatic heterocycles. The van der Waals surface area contributed by atoms with E-state index in [9.17, 15) is 19.5 Å². The Kier molecular flexibility index (Phi) is 8.25. The van der Waals surface area contributed by atoms with Gasteiger partial charge in [0.15, 0.2) is 6.04 Å². The maximum Gasteiger partial charge on any atom is 0.328 e. The normalized spacial score (nSPS) is 14.8. The predicted octanol–water partition coefficient (Wildman–Crippen LogP) is -1.73. The van der Waals surface area contributed by atoms with Gasteiger partial charge in [-0.1, -0.05) is 0 Å². The lowest BCUT2D eigenvalue weighted by atomic mass is 10.2. The zero-order chi connectivity index (χ0) is 15.7. The molecule has 0 saturated heterocycles. The van der Waals surface area contributed by atoms with E-state index in [1.165, 1.54) is 21.0 Å². The van der Waals surface area contributed by atoms with Crippen LogP contribution < -0.4 is 16.0 Å². The minimum Gasteiger partial charge on any atom is -0.480 e. The van der Waals surface area contributed by atoms with Crippen molar-refractivity contribution in [1.29, 1.82) is 0 Å². The molecule has 9 nitrogen and oxygen atoms in total. The first-order valence-electron chi connectivity index (χ1n) is 6.04. The number of rotatable bonds is 8. The lowest BCUT2D eigenvalue weighted by molar-refractivity contribution is -0.141. The molecular formula is C11H21N3O6. The van der Waals surface area contributed by atoms with Crippen LogP contribution in [0.25, 0.3) is 0 Å². The molecule has 0 aromatic heterocycles. The predicted molar refractivity (Wildman–Crippen MR) is 69.1 cm³/mol. The number of carboxylic acids is 1. The van der Waals surface area contributed by atoms with Gasteiger partial charge in [0.25, 0.3) is 0 Å². The molecule has 0 saturated carbocycles. The summed E-state index contributed by atoms with van der Waals surface area (Å²) in [5.74, 6) is -1.80. The monoisotopic (exact) mass is 291 g/mol. The van der Waals surface area contributed by atoms with Crippen molar-refractivity contribution < 1.29 is 29.3 Å². The van der Waals surface area contributed by atoms with Crippen LogP contribution in [0, 0.1) is 0 Å². The third kappa shape index (κ3) is 6.90. The summed E-state index contributed by atoms with van der Waals surface area (Å²) in [4.78, 5) is 33.8. The topological polar surface area (TPSA) is 137 Å². The molecule has 0 aliphatic rings. The molecule has 0 spiro atoms. The zero-order valence-electron chi connectivity index (χ0n) is 11.7.